The Morgan fingerprint density at radius 2 is 1.09 bits per heavy atom. The molecule has 0 radical (unpaired) electrons. The molecule has 4 heteroatoms. The van der Waals surface area contributed by atoms with Gasteiger partial charge in [-0.05, 0) is 35.4 Å². The van der Waals surface area contributed by atoms with E-state index in [0.717, 1.165) is 24.1 Å². The summed E-state index contributed by atoms with van der Waals surface area (Å²) in [6, 6.07) is 36.0. The summed E-state index contributed by atoms with van der Waals surface area (Å²) in [5.74, 6) is 0. The molecule has 0 aliphatic heterocycles. The van der Waals surface area contributed by atoms with Gasteiger partial charge in [-0.25, -0.2) is 0 Å². The van der Waals surface area contributed by atoms with E-state index < -0.39 is 6.10 Å². The first-order chi connectivity index (χ1) is 16.7. The molecule has 1 N–H and O–H groups in total. The lowest BCUT2D eigenvalue weighted by Gasteiger charge is -2.27. The van der Waals surface area contributed by atoms with Gasteiger partial charge in [0.15, 0.2) is 5.43 Å². The maximum Gasteiger partial charge on any atom is 0.197 e. The van der Waals surface area contributed by atoms with Crippen LogP contribution in [0.3, 0.4) is 0 Å². The van der Waals surface area contributed by atoms with E-state index in [2.05, 4.69) is 33.7 Å². The molecule has 34 heavy (non-hydrogen) atoms. The van der Waals surface area contributed by atoms with Crippen LogP contribution in [0.5, 0.6) is 0 Å². The maximum absolute atomic E-state index is 13.0. The first-order valence-electron chi connectivity index (χ1n) is 11.7. The molecule has 0 amide bonds. The molecule has 1 heterocycles. The third kappa shape index (κ3) is 4.79. The smallest absolute Gasteiger partial charge is 0.197 e. The zero-order valence-corrected chi connectivity index (χ0v) is 19.0. The van der Waals surface area contributed by atoms with Crippen molar-refractivity contribution in [2.75, 3.05) is 6.54 Å². The predicted octanol–water partition coefficient (Wildman–Crippen LogP) is 5.22. The maximum atomic E-state index is 13.0. The number of aliphatic hydroxyl groups is 1. The molecule has 5 rings (SSSR count). The number of pyridine rings is 1. The van der Waals surface area contributed by atoms with Gasteiger partial charge in [0.05, 0.1) is 23.7 Å². The minimum Gasteiger partial charge on any atom is -0.390 e. The summed E-state index contributed by atoms with van der Waals surface area (Å²) in [4.78, 5) is 15.3. The van der Waals surface area contributed by atoms with Gasteiger partial charge < -0.3 is 9.67 Å². The van der Waals surface area contributed by atoms with Gasteiger partial charge in [-0.2, -0.15) is 0 Å². The number of fused-ring (bicyclic) bond motifs is 2. The lowest BCUT2D eigenvalue weighted by atomic mass is 10.1. The summed E-state index contributed by atoms with van der Waals surface area (Å²) in [5.41, 5.74) is 4.16. The van der Waals surface area contributed by atoms with Crippen LogP contribution in [0.15, 0.2) is 114 Å². The fraction of sp³-hybridized carbons (Fsp3) is 0.167. The van der Waals surface area contributed by atoms with Gasteiger partial charge >= 0.3 is 0 Å². The van der Waals surface area contributed by atoms with Gasteiger partial charge in [0.25, 0.3) is 0 Å². The highest BCUT2D eigenvalue weighted by Crippen LogP contribution is 2.20. The molecule has 0 bridgehead atoms. The summed E-state index contributed by atoms with van der Waals surface area (Å²) < 4.78 is 2.08. The molecular formula is C30H28N2O2. The second-order valence-electron chi connectivity index (χ2n) is 8.77. The van der Waals surface area contributed by atoms with Gasteiger partial charge in [0.1, 0.15) is 0 Å². The summed E-state index contributed by atoms with van der Waals surface area (Å²) in [7, 11) is 0. The van der Waals surface area contributed by atoms with E-state index in [4.69, 9.17) is 0 Å². The lowest BCUT2D eigenvalue weighted by molar-refractivity contribution is 0.0925. The summed E-state index contributed by atoms with van der Waals surface area (Å²) in [6.45, 7) is 2.41. The van der Waals surface area contributed by atoms with E-state index in [1.54, 1.807) is 0 Å². The van der Waals surface area contributed by atoms with Crippen LogP contribution in [0, 0.1) is 0 Å². The van der Waals surface area contributed by atoms with Gasteiger partial charge in [-0.15, -0.1) is 0 Å². The Labute approximate surface area is 199 Å². The van der Waals surface area contributed by atoms with Crippen molar-refractivity contribution in [2.45, 2.75) is 25.7 Å². The molecule has 0 spiro atoms. The minimum atomic E-state index is -0.610. The molecule has 1 atom stereocenters. The Kier molecular flexibility index (Phi) is 6.52. The van der Waals surface area contributed by atoms with Crippen LogP contribution in [0.2, 0.25) is 0 Å². The van der Waals surface area contributed by atoms with Crippen molar-refractivity contribution in [3.8, 4) is 0 Å². The number of para-hydroxylation sites is 2. The molecule has 1 aromatic heterocycles. The van der Waals surface area contributed by atoms with Crippen LogP contribution < -0.4 is 5.43 Å². The zero-order chi connectivity index (χ0) is 23.3. The van der Waals surface area contributed by atoms with Crippen LogP contribution in [0.1, 0.15) is 11.1 Å². The molecule has 0 aliphatic rings. The van der Waals surface area contributed by atoms with E-state index >= 15 is 0 Å². The Morgan fingerprint density at radius 1 is 0.647 bits per heavy atom. The molecule has 170 valence electrons. The number of aromatic nitrogens is 1. The second kappa shape index (κ2) is 10.0. The third-order valence-corrected chi connectivity index (χ3v) is 6.24. The normalized spacial score (nSPS) is 12.4. The molecule has 0 saturated heterocycles. The largest absolute Gasteiger partial charge is 0.390 e. The Hall–Kier alpha value is -3.73. The van der Waals surface area contributed by atoms with Crippen LogP contribution in [0.4, 0.5) is 0 Å². The van der Waals surface area contributed by atoms with Crippen LogP contribution >= 0.6 is 0 Å². The van der Waals surface area contributed by atoms with Crippen molar-refractivity contribution in [3.63, 3.8) is 0 Å². The summed E-state index contributed by atoms with van der Waals surface area (Å²) >= 11 is 0. The molecular weight excluding hydrogens is 420 g/mol. The molecule has 4 aromatic carbocycles. The molecule has 0 aliphatic carbocycles. The number of nitrogens with zero attached hydrogens (tertiary/aromatic N) is 2. The van der Waals surface area contributed by atoms with E-state index in [-0.39, 0.29) is 5.43 Å². The number of hydrogen-bond donors (Lipinski definition) is 1. The van der Waals surface area contributed by atoms with E-state index in [1.807, 2.05) is 84.9 Å². The predicted molar refractivity (Wildman–Crippen MR) is 139 cm³/mol. The van der Waals surface area contributed by atoms with Gasteiger partial charge in [-0.1, -0.05) is 84.9 Å². The van der Waals surface area contributed by atoms with E-state index in [1.165, 1.54) is 11.1 Å². The fourth-order valence-corrected chi connectivity index (χ4v) is 4.71. The Balaban J connectivity index is 1.45. The van der Waals surface area contributed by atoms with Gasteiger partial charge in [0, 0.05) is 30.4 Å². The van der Waals surface area contributed by atoms with Gasteiger partial charge in [0.2, 0.25) is 0 Å². The molecule has 1 unspecified atom stereocenters. The fourth-order valence-electron chi connectivity index (χ4n) is 4.71. The molecule has 5 aromatic rings. The van der Waals surface area contributed by atoms with Gasteiger partial charge in [-0.3, -0.25) is 9.69 Å². The third-order valence-electron chi connectivity index (χ3n) is 6.24. The summed E-state index contributed by atoms with van der Waals surface area (Å²) in [6.07, 6.45) is -0.610. The standard InChI is InChI=1S/C30H28N2O2/c33-25(21-31(19-23-11-3-1-4-12-23)20-24-13-5-2-6-14-24)22-32-28-17-9-7-15-26(28)30(34)27-16-8-10-18-29(27)32/h1-18,25,33H,19-22H2. The quantitative estimate of drug-likeness (QED) is 0.331. The van der Waals surface area contributed by atoms with Crippen molar-refractivity contribution in [1.82, 2.24) is 9.47 Å². The van der Waals surface area contributed by atoms with Crippen LogP contribution in [-0.2, 0) is 19.6 Å². The van der Waals surface area contributed by atoms with Crippen molar-refractivity contribution < 1.29 is 5.11 Å². The van der Waals surface area contributed by atoms with Crippen LogP contribution in [0.25, 0.3) is 21.8 Å². The molecule has 0 fully saturated rings. The number of rotatable bonds is 8. The monoisotopic (exact) mass is 448 g/mol. The average molecular weight is 449 g/mol. The zero-order valence-electron chi connectivity index (χ0n) is 19.0. The Bertz CT molecular complexity index is 1340. The highest BCUT2D eigenvalue weighted by Gasteiger charge is 2.17. The first kappa shape index (κ1) is 22.1. The number of hydrogen-bond acceptors (Lipinski definition) is 3. The lowest BCUT2D eigenvalue weighted by Crippen LogP contribution is -2.34. The topological polar surface area (TPSA) is 45.5 Å². The van der Waals surface area contributed by atoms with Crippen LogP contribution in [-0.4, -0.2) is 27.2 Å². The average Bonchev–Trinajstić information content (AvgIpc) is 2.88. The van der Waals surface area contributed by atoms with Crippen molar-refractivity contribution in [1.29, 1.82) is 0 Å². The van der Waals surface area contributed by atoms with E-state index in [9.17, 15) is 9.90 Å². The number of benzene rings is 4. The molecule has 0 saturated carbocycles. The summed E-state index contributed by atoms with van der Waals surface area (Å²) in [5, 5.41) is 12.6. The van der Waals surface area contributed by atoms with Crippen molar-refractivity contribution >= 4 is 21.8 Å². The van der Waals surface area contributed by atoms with Crippen molar-refractivity contribution in [3.05, 3.63) is 131 Å². The van der Waals surface area contributed by atoms with E-state index in [0.29, 0.717) is 23.9 Å². The number of aliphatic hydroxyl groups excluding tert-OH is 1. The van der Waals surface area contributed by atoms with Crippen molar-refractivity contribution in [2.24, 2.45) is 0 Å². The minimum absolute atomic E-state index is 0.0340. The molecule has 4 nitrogen and oxygen atoms in total. The second-order valence-corrected chi connectivity index (χ2v) is 8.77. The highest BCUT2D eigenvalue weighted by atomic mass is 16.3. The SMILES string of the molecule is O=c1c2ccccc2n(CC(O)CN(Cc2ccccc2)Cc2ccccc2)c2ccccc12. The Morgan fingerprint density at radius 3 is 1.59 bits per heavy atom. The first-order valence-corrected chi connectivity index (χ1v) is 11.7. The highest BCUT2D eigenvalue weighted by molar-refractivity contribution is 5.93.